The highest BCUT2D eigenvalue weighted by Gasteiger charge is 2.23. The zero-order valence-corrected chi connectivity index (χ0v) is 18.1. The van der Waals surface area contributed by atoms with Crippen LogP contribution in [0.25, 0.3) is 33.6 Å². The maximum atomic E-state index is 6.28. The highest BCUT2D eigenvalue weighted by Crippen LogP contribution is 2.43. The SMILES string of the molecule is COc1ccc(-c2oc3ncnc(NCC4SCCS4)c3c2-c2ccccc2)cc1. The number of nitrogens with one attached hydrogen (secondary N) is 1. The van der Waals surface area contributed by atoms with Gasteiger partial charge in [0.15, 0.2) is 0 Å². The highest BCUT2D eigenvalue weighted by molar-refractivity contribution is 8.20. The van der Waals surface area contributed by atoms with E-state index < -0.39 is 0 Å². The summed E-state index contributed by atoms with van der Waals surface area (Å²) >= 11 is 3.99. The van der Waals surface area contributed by atoms with Crippen LogP contribution in [0.5, 0.6) is 5.75 Å². The van der Waals surface area contributed by atoms with E-state index in [1.54, 1.807) is 13.4 Å². The summed E-state index contributed by atoms with van der Waals surface area (Å²) in [5, 5.41) is 4.47. The molecule has 5 rings (SSSR count). The Bertz CT molecular complexity index is 1140. The first kappa shape index (κ1) is 19.3. The van der Waals surface area contributed by atoms with E-state index >= 15 is 0 Å². The van der Waals surface area contributed by atoms with Crippen LogP contribution in [0.3, 0.4) is 0 Å². The van der Waals surface area contributed by atoms with E-state index in [4.69, 9.17) is 9.15 Å². The number of benzene rings is 2. The van der Waals surface area contributed by atoms with Crippen LogP contribution < -0.4 is 10.1 Å². The molecule has 1 aliphatic heterocycles. The number of aromatic nitrogens is 2. The minimum Gasteiger partial charge on any atom is -0.497 e. The predicted molar refractivity (Wildman–Crippen MR) is 126 cm³/mol. The summed E-state index contributed by atoms with van der Waals surface area (Å²) in [5.74, 6) is 4.82. The molecule has 0 radical (unpaired) electrons. The van der Waals surface area contributed by atoms with Gasteiger partial charge in [0.1, 0.15) is 23.7 Å². The fourth-order valence-corrected chi connectivity index (χ4v) is 6.26. The molecule has 0 aliphatic carbocycles. The molecule has 2 aromatic heterocycles. The number of rotatable bonds is 6. The second kappa shape index (κ2) is 8.62. The van der Waals surface area contributed by atoms with Crippen LogP contribution in [-0.2, 0) is 0 Å². The molecule has 5 nitrogen and oxygen atoms in total. The predicted octanol–water partition coefficient (Wildman–Crippen LogP) is 5.78. The molecular formula is C23H21N3O2S2. The Hall–Kier alpha value is -2.64. The molecule has 7 heteroatoms. The van der Waals surface area contributed by atoms with Gasteiger partial charge in [-0.05, 0) is 29.8 Å². The van der Waals surface area contributed by atoms with Gasteiger partial charge in [0.2, 0.25) is 5.71 Å². The van der Waals surface area contributed by atoms with Crippen LogP contribution in [0.2, 0.25) is 0 Å². The van der Waals surface area contributed by atoms with Crippen molar-refractivity contribution >= 4 is 40.4 Å². The van der Waals surface area contributed by atoms with Gasteiger partial charge >= 0.3 is 0 Å². The summed E-state index contributed by atoms with van der Waals surface area (Å²) in [5.41, 5.74) is 3.64. The van der Waals surface area contributed by atoms with Crippen LogP contribution in [-0.4, -0.2) is 39.7 Å². The standard InChI is InChI=1S/C23H21N3O2S2/c1-27-17-9-7-16(8-10-17)21-19(15-5-3-2-4-6-15)20-22(25-14-26-23(20)28-21)24-13-18-29-11-12-30-18/h2-10,14,18H,11-13H2,1H3,(H,24,25,26). The molecule has 30 heavy (non-hydrogen) atoms. The van der Waals surface area contributed by atoms with Gasteiger partial charge in [-0.25, -0.2) is 9.97 Å². The largest absolute Gasteiger partial charge is 0.497 e. The van der Waals surface area contributed by atoms with Crippen molar-refractivity contribution in [2.75, 3.05) is 30.5 Å². The molecule has 4 aromatic rings. The number of furan rings is 1. The Morgan fingerprint density at radius 1 is 1.00 bits per heavy atom. The smallest absolute Gasteiger partial charge is 0.232 e. The van der Waals surface area contributed by atoms with Gasteiger partial charge in [-0.3, -0.25) is 0 Å². The number of nitrogens with zero attached hydrogens (tertiary/aromatic N) is 2. The molecule has 152 valence electrons. The van der Waals surface area contributed by atoms with Crippen molar-refractivity contribution in [3.8, 4) is 28.2 Å². The van der Waals surface area contributed by atoms with Crippen LogP contribution in [0.4, 0.5) is 5.82 Å². The summed E-state index contributed by atoms with van der Waals surface area (Å²) in [6.07, 6.45) is 1.57. The summed E-state index contributed by atoms with van der Waals surface area (Å²) in [4.78, 5) is 9.00. The van der Waals surface area contributed by atoms with Crippen molar-refractivity contribution in [1.82, 2.24) is 9.97 Å². The average molecular weight is 436 g/mol. The first-order chi connectivity index (χ1) is 14.8. The van der Waals surface area contributed by atoms with Gasteiger partial charge in [-0.15, -0.1) is 23.5 Å². The summed E-state index contributed by atoms with van der Waals surface area (Å²) in [6.45, 7) is 0.860. The first-order valence-electron chi connectivity index (χ1n) is 9.78. The minimum atomic E-state index is 0.545. The van der Waals surface area contributed by atoms with E-state index in [-0.39, 0.29) is 0 Å². The number of methoxy groups -OCH3 is 1. The molecule has 1 aliphatic rings. The molecule has 1 N–H and O–H groups in total. The summed E-state index contributed by atoms with van der Waals surface area (Å²) < 4.78 is 12.1. The van der Waals surface area contributed by atoms with E-state index in [1.807, 2.05) is 66.0 Å². The van der Waals surface area contributed by atoms with Crippen molar-refractivity contribution in [2.45, 2.75) is 4.58 Å². The number of hydrogen-bond donors (Lipinski definition) is 1. The van der Waals surface area contributed by atoms with Crippen molar-refractivity contribution in [3.05, 3.63) is 60.9 Å². The summed E-state index contributed by atoms with van der Waals surface area (Å²) in [7, 11) is 1.67. The number of anilines is 1. The lowest BCUT2D eigenvalue weighted by Gasteiger charge is -2.11. The van der Waals surface area contributed by atoms with Gasteiger partial charge in [0.25, 0.3) is 0 Å². The Morgan fingerprint density at radius 2 is 1.77 bits per heavy atom. The molecule has 0 atom stereocenters. The number of fused-ring (bicyclic) bond motifs is 1. The number of thioether (sulfide) groups is 2. The Morgan fingerprint density at radius 3 is 2.50 bits per heavy atom. The third kappa shape index (κ3) is 3.75. The third-order valence-corrected chi connectivity index (χ3v) is 8.06. The van der Waals surface area contributed by atoms with Gasteiger partial charge in [0, 0.05) is 29.2 Å². The average Bonchev–Trinajstić information content (AvgIpc) is 3.46. The molecule has 1 saturated heterocycles. The van der Waals surface area contributed by atoms with Crippen LogP contribution in [0, 0.1) is 0 Å². The van der Waals surface area contributed by atoms with Gasteiger partial charge < -0.3 is 14.5 Å². The first-order valence-corrected chi connectivity index (χ1v) is 11.9. The lowest BCUT2D eigenvalue weighted by Crippen LogP contribution is -2.12. The van der Waals surface area contributed by atoms with Crippen LogP contribution in [0.15, 0.2) is 65.3 Å². The molecule has 0 saturated carbocycles. The molecule has 2 aromatic carbocycles. The minimum absolute atomic E-state index is 0.545. The molecule has 0 spiro atoms. The van der Waals surface area contributed by atoms with E-state index in [2.05, 4.69) is 27.4 Å². The monoisotopic (exact) mass is 435 g/mol. The lowest BCUT2D eigenvalue weighted by atomic mass is 9.99. The molecule has 0 bridgehead atoms. The zero-order valence-electron chi connectivity index (χ0n) is 16.5. The molecule has 0 amide bonds. The quantitative estimate of drug-likeness (QED) is 0.412. The number of ether oxygens (including phenoxy) is 1. The van der Waals surface area contributed by atoms with E-state index in [0.717, 1.165) is 45.9 Å². The fourth-order valence-electron chi connectivity index (χ4n) is 3.60. The molecular weight excluding hydrogens is 414 g/mol. The maximum Gasteiger partial charge on any atom is 0.232 e. The maximum absolute atomic E-state index is 6.28. The second-order valence-corrected chi connectivity index (χ2v) is 9.77. The summed E-state index contributed by atoms with van der Waals surface area (Å²) in [6, 6.07) is 18.2. The normalized spacial score (nSPS) is 14.3. The lowest BCUT2D eigenvalue weighted by molar-refractivity contribution is 0.415. The van der Waals surface area contributed by atoms with Crippen LogP contribution in [0.1, 0.15) is 0 Å². The zero-order chi connectivity index (χ0) is 20.3. The van der Waals surface area contributed by atoms with Crippen LogP contribution >= 0.6 is 23.5 Å². The van der Waals surface area contributed by atoms with Crippen molar-refractivity contribution in [2.24, 2.45) is 0 Å². The van der Waals surface area contributed by atoms with Crippen molar-refractivity contribution in [1.29, 1.82) is 0 Å². The third-order valence-electron chi connectivity index (χ3n) is 5.03. The second-order valence-electron chi connectivity index (χ2n) is 6.86. The highest BCUT2D eigenvalue weighted by atomic mass is 32.2. The van der Waals surface area contributed by atoms with E-state index in [0.29, 0.717) is 10.3 Å². The van der Waals surface area contributed by atoms with Gasteiger partial charge in [-0.1, -0.05) is 30.3 Å². The topological polar surface area (TPSA) is 60.2 Å². The van der Waals surface area contributed by atoms with Gasteiger partial charge in [-0.2, -0.15) is 0 Å². The van der Waals surface area contributed by atoms with Crippen molar-refractivity contribution in [3.63, 3.8) is 0 Å². The molecule has 0 unspecified atom stereocenters. The van der Waals surface area contributed by atoms with E-state index in [1.165, 1.54) is 11.5 Å². The Balaban J connectivity index is 1.65. The van der Waals surface area contributed by atoms with E-state index in [9.17, 15) is 0 Å². The molecule has 1 fully saturated rings. The Labute approximate surface area is 183 Å². The fraction of sp³-hybridized carbons (Fsp3) is 0.217. The molecule has 3 heterocycles. The van der Waals surface area contributed by atoms with Crippen molar-refractivity contribution < 1.29 is 9.15 Å². The number of hydrogen-bond acceptors (Lipinski definition) is 7. The Kier molecular flexibility index (Phi) is 5.55. The van der Waals surface area contributed by atoms with Gasteiger partial charge in [0.05, 0.1) is 17.1 Å².